The second kappa shape index (κ2) is 8.58. The molecule has 1 aliphatic rings. The average Bonchev–Trinajstić information content (AvgIpc) is 3.02. The number of halogens is 2. The van der Waals surface area contributed by atoms with Crippen LogP contribution in [0.3, 0.4) is 0 Å². The van der Waals surface area contributed by atoms with E-state index in [0.717, 1.165) is 5.56 Å². The van der Waals surface area contributed by atoms with Crippen LogP contribution in [0, 0.1) is 6.92 Å². The summed E-state index contributed by atoms with van der Waals surface area (Å²) in [5.41, 5.74) is 3.52. The predicted octanol–water partition coefficient (Wildman–Crippen LogP) is 5.72. The average molecular weight is 451 g/mol. The van der Waals surface area contributed by atoms with E-state index in [4.69, 9.17) is 23.2 Å². The molecule has 0 bridgehead atoms. The molecule has 0 atom stereocenters. The Balaban J connectivity index is 1.83. The highest BCUT2D eigenvalue weighted by atomic mass is 35.5. The first-order valence-electron chi connectivity index (χ1n) is 9.77. The lowest BCUT2D eigenvalue weighted by atomic mass is 10.0. The fourth-order valence-corrected chi connectivity index (χ4v) is 4.04. The summed E-state index contributed by atoms with van der Waals surface area (Å²) < 4.78 is 0. The maximum absolute atomic E-state index is 13.6. The summed E-state index contributed by atoms with van der Waals surface area (Å²) in [4.78, 5) is 30.2. The van der Waals surface area contributed by atoms with Gasteiger partial charge in [-0.3, -0.25) is 9.59 Å². The minimum atomic E-state index is -0.382. The van der Waals surface area contributed by atoms with E-state index >= 15 is 0 Å². The minimum Gasteiger partial charge on any atom is -0.365 e. The molecule has 1 heterocycles. The topological polar surface area (TPSA) is 40.6 Å². The van der Waals surface area contributed by atoms with Gasteiger partial charge in [0.05, 0.1) is 11.3 Å². The first kappa shape index (κ1) is 21.2. The van der Waals surface area contributed by atoms with Crippen molar-refractivity contribution < 1.29 is 9.59 Å². The van der Waals surface area contributed by atoms with E-state index in [1.807, 2.05) is 42.3 Å². The van der Waals surface area contributed by atoms with E-state index in [-0.39, 0.29) is 11.8 Å². The Morgan fingerprint density at radius 2 is 1.52 bits per heavy atom. The van der Waals surface area contributed by atoms with Crippen LogP contribution in [-0.2, 0) is 16.1 Å². The molecule has 0 radical (unpaired) electrons. The van der Waals surface area contributed by atoms with E-state index in [2.05, 4.69) is 0 Å². The van der Waals surface area contributed by atoms with Gasteiger partial charge in [0.15, 0.2) is 0 Å². The molecule has 0 unspecified atom stereocenters. The van der Waals surface area contributed by atoms with Gasteiger partial charge in [0, 0.05) is 23.6 Å². The van der Waals surface area contributed by atoms with Crippen molar-refractivity contribution in [1.82, 2.24) is 4.90 Å². The third-order valence-electron chi connectivity index (χ3n) is 5.32. The molecule has 3 aromatic carbocycles. The van der Waals surface area contributed by atoms with Gasteiger partial charge in [-0.05, 0) is 47.9 Å². The van der Waals surface area contributed by atoms with Crippen molar-refractivity contribution in [3.63, 3.8) is 0 Å². The van der Waals surface area contributed by atoms with Gasteiger partial charge in [-0.15, -0.1) is 0 Å². The summed E-state index contributed by atoms with van der Waals surface area (Å²) in [7, 11) is 1.82. The van der Waals surface area contributed by atoms with E-state index in [1.165, 1.54) is 4.90 Å². The van der Waals surface area contributed by atoms with Crippen molar-refractivity contribution >= 4 is 46.3 Å². The summed E-state index contributed by atoms with van der Waals surface area (Å²) in [6.07, 6.45) is 0. The monoisotopic (exact) mass is 450 g/mol. The van der Waals surface area contributed by atoms with Gasteiger partial charge < -0.3 is 4.90 Å². The number of anilines is 1. The molecule has 2 amide bonds. The number of carbonyl (C=O) groups excluding carboxylic acids is 2. The summed E-state index contributed by atoms with van der Waals surface area (Å²) in [5.74, 6) is -0.758. The lowest BCUT2D eigenvalue weighted by Gasteiger charge is -2.22. The molecule has 0 saturated carbocycles. The van der Waals surface area contributed by atoms with Crippen LogP contribution in [0.5, 0.6) is 0 Å². The lowest BCUT2D eigenvalue weighted by molar-refractivity contribution is -0.120. The lowest BCUT2D eigenvalue weighted by Crippen LogP contribution is -2.34. The highest BCUT2D eigenvalue weighted by Gasteiger charge is 2.42. The normalized spacial score (nSPS) is 13.9. The van der Waals surface area contributed by atoms with E-state index < -0.39 is 0 Å². The highest BCUT2D eigenvalue weighted by molar-refractivity contribution is 6.46. The number of nitrogens with zero attached hydrogens (tertiary/aromatic N) is 2. The van der Waals surface area contributed by atoms with Crippen LogP contribution in [-0.4, -0.2) is 23.8 Å². The van der Waals surface area contributed by atoms with Crippen molar-refractivity contribution in [1.29, 1.82) is 0 Å². The molecule has 4 nitrogen and oxygen atoms in total. The molecule has 3 aromatic rings. The minimum absolute atomic E-state index is 0.343. The molecule has 4 rings (SSSR count). The van der Waals surface area contributed by atoms with E-state index in [1.54, 1.807) is 49.4 Å². The Morgan fingerprint density at radius 3 is 2.19 bits per heavy atom. The van der Waals surface area contributed by atoms with Crippen LogP contribution in [0.15, 0.2) is 78.5 Å². The molecule has 0 fully saturated rings. The molecule has 6 heteroatoms. The molecule has 0 spiro atoms. The van der Waals surface area contributed by atoms with Crippen LogP contribution in [0.4, 0.5) is 5.69 Å². The molecule has 0 N–H and O–H groups in total. The number of carbonyl (C=O) groups is 2. The highest BCUT2D eigenvalue weighted by Crippen LogP contribution is 2.37. The SMILES string of the molecule is Cc1c(Cl)cccc1N1C(=O)C(c2ccc(Cl)cc2)=C(N(C)Cc2ccccc2)C1=O. The van der Waals surface area contributed by atoms with Crippen molar-refractivity contribution in [2.45, 2.75) is 13.5 Å². The largest absolute Gasteiger partial charge is 0.365 e. The number of amides is 2. The maximum Gasteiger partial charge on any atom is 0.282 e. The smallest absolute Gasteiger partial charge is 0.282 e. The Bertz CT molecular complexity index is 1190. The van der Waals surface area contributed by atoms with Crippen molar-refractivity contribution in [3.05, 3.63) is 105 Å². The fraction of sp³-hybridized carbons (Fsp3) is 0.120. The number of rotatable bonds is 5. The van der Waals surface area contributed by atoms with Gasteiger partial charge in [0.2, 0.25) is 0 Å². The van der Waals surface area contributed by atoms with E-state index in [0.29, 0.717) is 44.7 Å². The van der Waals surface area contributed by atoms with Crippen LogP contribution < -0.4 is 4.90 Å². The molecule has 0 aliphatic carbocycles. The molecular formula is C25H20Cl2N2O2. The number of imide groups is 1. The van der Waals surface area contributed by atoms with Crippen molar-refractivity contribution in [2.75, 3.05) is 11.9 Å². The van der Waals surface area contributed by atoms with Gasteiger partial charge in [-0.2, -0.15) is 0 Å². The third kappa shape index (κ3) is 3.97. The Kier molecular flexibility index (Phi) is 5.86. The van der Waals surface area contributed by atoms with E-state index in [9.17, 15) is 9.59 Å². The summed E-state index contributed by atoms with van der Waals surface area (Å²) in [6, 6.07) is 21.9. The summed E-state index contributed by atoms with van der Waals surface area (Å²) in [5, 5.41) is 1.06. The zero-order valence-corrected chi connectivity index (χ0v) is 18.6. The van der Waals surface area contributed by atoms with Gasteiger partial charge in [-0.25, -0.2) is 4.90 Å². The fourth-order valence-electron chi connectivity index (χ4n) is 3.74. The first-order valence-corrected chi connectivity index (χ1v) is 10.5. The zero-order chi connectivity index (χ0) is 22.1. The third-order valence-corrected chi connectivity index (χ3v) is 5.98. The van der Waals surface area contributed by atoms with Gasteiger partial charge >= 0.3 is 0 Å². The second-order valence-electron chi connectivity index (χ2n) is 7.40. The van der Waals surface area contributed by atoms with Crippen LogP contribution in [0.25, 0.3) is 5.57 Å². The number of hydrogen-bond donors (Lipinski definition) is 0. The van der Waals surface area contributed by atoms with Gasteiger partial charge in [0.25, 0.3) is 11.8 Å². The molecule has 0 saturated heterocycles. The maximum atomic E-state index is 13.6. The predicted molar refractivity (Wildman–Crippen MR) is 125 cm³/mol. The van der Waals surface area contributed by atoms with Crippen LogP contribution in [0.2, 0.25) is 10.0 Å². The summed E-state index contributed by atoms with van der Waals surface area (Å²) in [6.45, 7) is 2.28. The standard InChI is InChI=1S/C25H20Cl2N2O2/c1-16-20(27)9-6-10-21(16)29-24(30)22(18-11-13-19(26)14-12-18)23(25(29)31)28(2)15-17-7-4-3-5-8-17/h3-14H,15H2,1-2H3. The van der Waals surface area contributed by atoms with Crippen molar-refractivity contribution in [3.8, 4) is 0 Å². The zero-order valence-electron chi connectivity index (χ0n) is 17.1. The number of likely N-dealkylation sites (N-methyl/N-ethyl adjacent to an activating group) is 1. The molecule has 0 aromatic heterocycles. The van der Waals surface area contributed by atoms with Gasteiger partial charge in [-0.1, -0.05) is 71.7 Å². The molecule has 1 aliphatic heterocycles. The molecular weight excluding hydrogens is 431 g/mol. The van der Waals surface area contributed by atoms with Crippen molar-refractivity contribution in [2.24, 2.45) is 0 Å². The first-order chi connectivity index (χ1) is 14.9. The number of benzene rings is 3. The molecule has 156 valence electrons. The molecule has 31 heavy (non-hydrogen) atoms. The van der Waals surface area contributed by atoms with Crippen LogP contribution in [0.1, 0.15) is 16.7 Å². The Labute approximate surface area is 191 Å². The summed E-state index contributed by atoms with van der Waals surface area (Å²) >= 11 is 12.3. The Hall–Kier alpha value is -3.08. The quantitative estimate of drug-likeness (QED) is 0.466. The van der Waals surface area contributed by atoms with Crippen LogP contribution >= 0.6 is 23.2 Å². The van der Waals surface area contributed by atoms with Gasteiger partial charge in [0.1, 0.15) is 5.70 Å². The second-order valence-corrected chi connectivity index (χ2v) is 8.25. The number of hydrogen-bond acceptors (Lipinski definition) is 3. The Morgan fingerprint density at radius 1 is 0.839 bits per heavy atom.